The van der Waals surface area contributed by atoms with Gasteiger partial charge in [0.25, 0.3) is 11.8 Å². The van der Waals surface area contributed by atoms with E-state index < -0.39 is 0 Å². The first-order chi connectivity index (χ1) is 7.93. The highest BCUT2D eigenvalue weighted by atomic mass is 79.9. The molecule has 0 N–H and O–H groups in total. The van der Waals surface area contributed by atoms with Crippen molar-refractivity contribution in [1.82, 2.24) is 4.90 Å². The van der Waals surface area contributed by atoms with Gasteiger partial charge in [0.05, 0.1) is 11.1 Å². The average molecular weight is 296 g/mol. The smallest absolute Gasteiger partial charge is 0.262 e. The van der Waals surface area contributed by atoms with E-state index in [0.717, 1.165) is 5.56 Å². The highest BCUT2D eigenvalue weighted by Crippen LogP contribution is 2.32. The molecule has 0 bridgehead atoms. The van der Waals surface area contributed by atoms with E-state index >= 15 is 0 Å². The minimum Gasteiger partial charge on any atom is -0.274 e. The van der Waals surface area contributed by atoms with Gasteiger partial charge >= 0.3 is 0 Å². The zero-order valence-corrected chi connectivity index (χ0v) is 11.7. The molecule has 3 nitrogen and oxygen atoms in total. The largest absolute Gasteiger partial charge is 0.274 e. The van der Waals surface area contributed by atoms with Crippen molar-refractivity contribution in [2.45, 2.75) is 20.8 Å². The number of rotatable bonds is 2. The van der Waals surface area contributed by atoms with Gasteiger partial charge in [-0.25, -0.2) is 0 Å². The summed E-state index contributed by atoms with van der Waals surface area (Å²) in [6.45, 7) is 6.31. The van der Waals surface area contributed by atoms with Crippen LogP contribution in [0.5, 0.6) is 0 Å². The van der Waals surface area contributed by atoms with Crippen LogP contribution in [0, 0.1) is 12.8 Å². The molecule has 1 aliphatic heterocycles. The number of fused-ring (bicyclic) bond motifs is 1. The van der Waals surface area contributed by atoms with Crippen molar-refractivity contribution in [1.29, 1.82) is 0 Å². The monoisotopic (exact) mass is 295 g/mol. The minimum absolute atomic E-state index is 0.169. The van der Waals surface area contributed by atoms with Gasteiger partial charge in [0.15, 0.2) is 0 Å². The van der Waals surface area contributed by atoms with Crippen LogP contribution < -0.4 is 0 Å². The lowest BCUT2D eigenvalue weighted by atomic mass is 10.0. The standard InChI is InChI=1S/C13H14BrNO2/c1-7(2)6-15-12(16)10-8(3)4-5-9(14)11(10)13(15)17/h4-5,7H,6H2,1-3H3. The number of carbonyl (C=O) groups is 2. The molecule has 4 heteroatoms. The SMILES string of the molecule is Cc1ccc(Br)c2c1C(=O)N(CC(C)C)C2=O. The van der Waals surface area contributed by atoms with Crippen LogP contribution in [0.25, 0.3) is 0 Å². The molecular weight excluding hydrogens is 282 g/mol. The Labute approximate surface area is 109 Å². The third-order valence-corrected chi connectivity index (χ3v) is 3.49. The topological polar surface area (TPSA) is 37.4 Å². The van der Waals surface area contributed by atoms with Gasteiger partial charge in [0, 0.05) is 11.0 Å². The molecule has 0 saturated carbocycles. The Hall–Kier alpha value is -1.16. The van der Waals surface area contributed by atoms with Crippen molar-refractivity contribution < 1.29 is 9.59 Å². The molecule has 0 spiro atoms. The molecule has 0 fully saturated rings. The summed E-state index contributed by atoms with van der Waals surface area (Å²) in [7, 11) is 0. The van der Waals surface area contributed by atoms with Gasteiger partial charge in [-0.3, -0.25) is 14.5 Å². The van der Waals surface area contributed by atoms with E-state index in [1.807, 2.05) is 32.9 Å². The first-order valence-corrected chi connectivity index (χ1v) is 6.38. The van der Waals surface area contributed by atoms with E-state index in [1.54, 1.807) is 0 Å². The number of nitrogens with zero attached hydrogens (tertiary/aromatic N) is 1. The van der Waals surface area contributed by atoms with E-state index in [4.69, 9.17) is 0 Å². The summed E-state index contributed by atoms with van der Waals surface area (Å²) in [6.07, 6.45) is 0. The number of amides is 2. The molecule has 17 heavy (non-hydrogen) atoms. The Morgan fingerprint density at radius 1 is 1.18 bits per heavy atom. The van der Waals surface area contributed by atoms with E-state index in [9.17, 15) is 9.59 Å². The van der Waals surface area contributed by atoms with Gasteiger partial charge in [0.2, 0.25) is 0 Å². The maximum absolute atomic E-state index is 12.2. The molecule has 1 aromatic carbocycles. The maximum Gasteiger partial charge on any atom is 0.262 e. The van der Waals surface area contributed by atoms with Crippen molar-refractivity contribution in [3.8, 4) is 0 Å². The summed E-state index contributed by atoms with van der Waals surface area (Å²) in [4.78, 5) is 25.7. The maximum atomic E-state index is 12.2. The van der Waals surface area contributed by atoms with Gasteiger partial charge in [-0.2, -0.15) is 0 Å². The van der Waals surface area contributed by atoms with E-state index in [1.165, 1.54) is 4.90 Å². The van der Waals surface area contributed by atoms with Crippen LogP contribution in [-0.2, 0) is 0 Å². The van der Waals surface area contributed by atoms with Crippen LogP contribution in [-0.4, -0.2) is 23.3 Å². The minimum atomic E-state index is -0.186. The number of imide groups is 1. The molecule has 2 rings (SSSR count). The van der Waals surface area contributed by atoms with E-state index in [2.05, 4.69) is 15.9 Å². The number of hydrogen-bond donors (Lipinski definition) is 0. The molecule has 0 unspecified atom stereocenters. The number of halogens is 1. The molecular formula is C13H14BrNO2. The second kappa shape index (κ2) is 4.26. The van der Waals surface area contributed by atoms with Gasteiger partial charge in [-0.05, 0) is 40.4 Å². The van der Waals surface area contributed by atoms with Crippen LogP contribution in [0.1, 0.15) is 40.1 Å². The normalized spacial score (nSPS) is 14.8. The van der Waals surface area contributed by atoms with Crippen LogP contribution >= 0.6 is 15.9 Å². The second-order valence-corrected chi connectivity index (χ2v) is 5.58. The van der Waals surface area contributed by atoms with Gasteiger partial charge in [-0.15, -0.1) is 0 Å². The zero-order valence-electron chi connectivity index (χ0n) is 10.1. The second-order valence-electron chi connectivity index (χ2n) is 4.73. The quantitative estimate of drug-likeness (QED) is 0.787. The van der Waals surface area contributed by atoms with Crippen LogP contribution in [0.3, 0.4) is 0 Å². The van der Waals surface area contributed by atoms with Gasteiger partial charge in [0.1, 0.15) is 0 Å². The number of carbonyl (C=O) groups excluding carboxylic acids is 2. The average Bonchev–Trinajstić information content (AvgIpc) is 2.49. The zero-order chi connectivity index (χ0) is 12.7. The third-order valence-electron chi connectivity index (χ3n) is 2.83. The summed E-state index contributed by atoms with van der Waals surface area (Å²) < 4.78 is 0.697. The summed E-state index contributed by atoms with van der Waals surface area (Å²) in [5.41, 5.74) is 1.91. The van der Waals surface area contributed by atoms with Crippen molar-refractivity contribution in [2.75, 3.05) is 6.54 Å². The molecule has 1 heterocycles. The number of hydrogen-bond acceptors (Lipinski definition) is 2. The Kier molecular flexibility index (Phi) is 3.08. The van der Waals surface area contributed by atoms with Crippen molar-refractivity contribution in [3.63, 3.8) is 0 Å². The fourth-order valence-corrected chi connectivity index (χ4v) is 2.56. The van der Waals surface area contributed by atoms with Gasteiger partial charge < -0.3 is 0 Å². The lowest BCUT2D eigenvalue weighted by Crippen LogP contribution is -2.33. The first-order valence-electron chi connectivity index (χ1n) is 5.58. The van der Waals surface area contributed by atoms with Crippen LogP contribution in [0.4, 0.5) is 0 Å². The fraction of sp³-hybridized carbons (Fsp3) is 0.385. The molecule has 0 atom stereocenters. The summed E-state index contributed by atoms with van der Waals surface area (Å²) >= 11 is 3.34. The Morgan fingerprint density at radius 3 is 2.29 bits per heavy atom. The number of aryl methyl sites for hydroxylation is 1. The Bertz CT molecular complexity index is 467. The molecule has 2 amide bonds. The van der Waals surface area contributed by atoms with Crippen molar-refractivity contribution in [3.05, 3.63) is 33.3 Å². The third kappa shape index (κ3) is 1.90. The van der Waals surface area contributed by atoms with Gasteiger partial charge in [-0.1, -0.05) is 19.9 Å². The predicted octanol–water partition coefficient (Wildman–Crippen LogP) is 3.01. The molecule has 0 aliphatic carbocycles. The summed E-state index contributed by atoms with van der Waals surface area (Å²) in [5.74, 6) is -0.0805. The highest BCUT2D eigenvalue weighted by Gasteiger charge is 2.38. The molecule has 1 aromatic rings. The van der Waals surface area contributed by atoms with Crippen LogP contribution in [0.2, 0.25) is 0 Å². The van der Waals surface area contributed by atoms with E-state index in [0.29, 0.717) is 22.1 Å². The summed E-state index contributed by atoms with van der Waals surface area (Å²) in [5, 5.41) is 0. The van der Waals surface area contributed by atoms with E-state index in [-0.39, 0.29) is 17.7 Å². The molecule has 0 aromatic heterocycles. The lowest BCUT2D eigenvalue weighted by Gasteiger charge is -2.16. The van der Waals surface area contributed by atoms with Crippen molar-refractivity contribution in [2.24, 2.45) is 5.92 Å². The molecule has 90 valence electrons. The highest BCUT2D eigenvalue weighted by molar-refractivity contribution is 9.10. The molecule has 1 aliphatic rings. The number of benzene rings is 1. The lowest BCUT2D eigenvalue weighted by molar-refractivity contribution is 0.0636. The molecule has 0 saturated heterocycles. The molecule has 0 radical (unpaired) electrons. The summed E-state index contributed by atoms with van der Waals surface area (Å²) in [6, 6.07) is 3.67. The van der Waals surface area contributed by atoms with Crippen molar-refractivity contribution >= 4 is 27.7 Å². The Balaban J connectivity index is 2.53. The fourth-order valence-electron chi connectivity index (χ4n) is 2.06. The Morgan fingerprint density at radius 2 is 1.76 bits per heavy atom. The first kappa shape index (κ1) is 12.3. The predicted molar refractivity (Wildman–Crippen MR) is 69.1 cm³/mol. The van der Waals surface area contributed by atoms with Crippen LogP contribution in [0.15, 0.2) is 16.6 Å².